The van der Waals surface area contributed by atoms with Gasteiger partial charge in [-0.15, -0.1) is 18.9 Å². The maximum atomic E-state index is 11.5. The normalized spacial score (nSPS) is 13.0. The lowest BCUT2D eigenvalue weighted by Crippen LogP contribution is -2.25. The number of terminal acetylenes is 1. The molecule has 0 bridgehead atoms. The molecule has 0 aliphatic rings. The summed E-state index contributed by atoms with van der Waals surface area (Å²) in [5.74, 6) is 2.57. The van der Waals surface area contributed by atoms with Gasteiger partial charge in [-0.2, -0.15) is 0 Å². The number of esters is 1. The van der Waals surface area contributed by atoms with Crippen molar-refractivity contribution in [2.24, 2.45) is 5.92 Å². The van der Waals surface area contributed by atoms with Gasteiger partial charge in [0.25, 0.3) is 0 Å². The molecule has 0 radical (unpaired) electrons. The molecule has 100 valence electrons. The molecule has 0 rings (SSSR count). The molecular formula is C16H24O2. The van der Waals surface area contributed by atoms with Crippen LogP contribution in [0.5, 0.6) is 0 Å². The summed E-state index contributed by atoms with van der Waals surface area (Å²) >= 11 is 0. The first-order valence-electron chi connectivity index (χ1n) is 6.41. The van der Waals surface area contributed by atoms with E-state index in [1.54, 1.807) is 6.08 Å². The molecule has 0 aromatic heterocycles. The highest BCUT2D eigenvalue weighted by atomic mass is 16.6. The molecule has 18 heavy (non-hydrogen) atoms. The number of hydrogen-bond donors (Lipinski definition) is 0. The van der Waals surface area contributed by atoms with Crippen molar-refractivity contribution in [3.05, 3.63) is 24.8 Å². The summed E-state index contributed by atoms with van der Waals surface area (Å²) in [7, 11) is 0. The van der Waals surface area contributed by atoms with E-state index in [9.17, 15) is 4.79 Å². The Kier molecular flexibility index (Phi) is 7.87. The minimum atomic E-state index is -0.407. The van der Waals surface area contributed by atoms with Crippen molar-refractivity contribution in [1.29, 1.82) is 0 Å². The molecule has 0 aromatic carbocycles. The van der Waals surface area contributed by atoms with Gasteiger partial charge in [0.05, 0.1) is 0 Å². The second-order valence-corrected chi connectivity index (χ2v) is 4.90. The molecule has 0 heterocycles. The molecule has 0 saturated carbocycles. The summed E-state index contributed by atoms with van der Waals surface area (Å²) in [6.45, 7) is 9.44. The lowest BCUT2D eigenvalue weighted by Gasteiger charge is -2.22. The molecule has 0 aliphatic heterocycles. The predicted molar refractivity (Wildman–Crippen MR) is 76.0 cm³/mol. The van der Waals surface area contributed by atoms with E-state index in [2.05, 4.69) is 12.5 Å². The molecule has 0 aliphatic carbocycles. The maximum absolute atomic E-state index is 11.5. The van der Waals surface area contributed by atoms with Gasteiger partial charge in [0, 0.05) is 12.0 Å². The van der Waals surface area contributed by atoms with E-state index in [-0.39, 0.29) is 11.9 Å². The highest BCUT2D eigenvalue weighted by molar-refractivity contribution is 5.82. The van der Waals surface area contributed by atoms with Crippen molar-refractivity contribution >= 4 is 5.97 Å². The lowest BCUT2D eigenvalue weighted by molar-refractivity contribution is -0.150. The predicted octanol–water partition coefficient (Wildman–Crippen LogP) is 3.88. The van der Waals surface area contributed by atoms with Crippen LogP contribution in [0.1, 0.15) is 46.5 Å². The quantitative estimate of drug-likeness (QED) is 0.282. The monoisotopic (exact) mass is 248 g/mol. The fourth-order valence-electron chi connectivity index (χ4n) is 1.30. The second kappa shape index (κ2) is 8.58. The second-order valence-electron chi connectivity index (χ2n) is 4.90. The standard InChI is InChI=1S/C16H24O2/c1-6-9-11-14(7-2)12-10-13-15(17)18-16(4,5)8-3/h2,6,10,13-14H,1,8-9,11-12H2,3-5H3/b13-10+/t14-/m1/s1. The minimum absolute atomic E-state index is 0.159. The van der Waals surface area contributed by atoms with Gasteiger partial charge in [0.15, 0.2) is 0 Å². The van der Waals surface area contributed by atoms with Crippen LogP contribution in [0.4, 0.5) is 0 Å². The topological polar surface area (TPSA) is 26.3 Å². The van der Waals surface area contributed by atoms with Crippen LogP contribution in [0, 0.1) is 18.3 Å². The number of carbonyl (C=O) groups is 1. The van der Waals surface area contributed by atoms with E-state index in [4.69, 9.17) is 11.2 Å². The van der Waals surface area contributed by atoms with E-state index < -0.39 is 5.60 Å². The Morgan fingerprint density at radius 2 is 2.22 bits per heavy atom. The average molecular weight is 248 g/mol. The Labute approximate surface area is 111 Å². The number of carbonyl (C=O) groups excluding carboxylic acids is 1. The Balaban J connectivity index is 4.11. The van der Waals surface area contributed by atoms with Gasteiger partial charge >= 0.3 is 5.97 Å². The van der Waals surface area contributed by atoms with Crippen LogP contribution in [-0.2, 0) is 9.53 Å². The van der Waals surface area contributed by atoms with E-state index in [1.165, 1.54) is 6.08 Å². The zero-order valence-corrected chi connectivity index (χ0v) is 11.7. The molecule has 0 amide bonds. The van der Waals surface area contributed by atoms with Crippen molar-refractivity contribution in [2.45, 2.75) is 52.1 Å². The Bertz CT molecular complexity index is 331. The average Bonchev–Trinajstić information content (AvgIpc) is 2.33. The summed E-state index contributed by atoms with van der Waals surface area (Å²) in [5, 5.41) is 0. The van der Waals surface area contributed by atoms with Crippen LogP contribution in [0.25, 0.3) is 0 Å². The van der Waals surface area contributed by atoms with Gasteiger partial charge in [0.2, 0.25) is 0 Å². The molecule has 0 aromatic rings. The molecular weight excluding hydrogens is 224 g/mol. The van der Waals surface area contributed by atoms with Gasteiger partial charge in [0.1, 0.15) is 5.60 Å². The first-order valence-corrected chi connectivity index (χ1v) is 6.41. The Hall–Kier alpha value is -1.49. The smallest absolute Gasteiger partial charge is 0.330 e. The molecule has 1 atom stereocenters. The van der Waals surface area contributed by atoms with Crippen molar-refractivity contribution < 1.29 is 9.53 Å². The summed E-state index contributed by atoms with van der Waals surface area (Å²) in [6, 6.07) is 0. The molecule has 0 saturated heterocycles. The fraction of sp³-hybridized carbons (Fsp3) is 0.562. The largest absolute Gasteiger partial charge is 0.457 e. The van der Waals surface area contributed by atoms with Crippen molar-refractivity contribution in [1.82, 2.24) is 0 Å². The van der Waals surface area contributed by atoms with Gasteiger partial charge in [-0.25, -0.2) is 4.79 Å². The van der Waals surface area contributed by atoms with Crippen LogP contribution in [-0.4, -0.2) is 11.6 Å². The van der Waals surface area contributed by atoms with Crippen molar-refractivity contribution in [3.8, 4) is 12.3 Å². The molecule has 0 N–H and O–H groups in total. The molecule has 2 heteroatoms. The highest BCUT2D eigenvalue weighted by Crippen LogP contribution is 2.15. The summed E-state index contributed by atoms with van der Waals surface area (Å²) < 4.78 is 5.29. The molecule has 0 spiro atoms. The maximum Gasteiger partial charge on any atom is 0.330 e. The lowest BCUT2D eigenvalue weighted by atomic mass is 10.0. The van der Waals surface area contributed by atoms with Crippen LogP contribution in [0.3, 0.4) is 0 Å². The molecule has 0 fully saturated rings. The number of rotatable bonds is 8. The molecule has 2 nitrogen and oxygen atoms in total. The Morgan fingerprint density at radius 3 is 2.72 bits per heavy atom. The minimum Gasteiger partial charge on any atom is -0.457 e. The van der Waals surface area contributed by atoms with Crippen molar-refractivity contribution in [2.75, 3.05) is 0 Å². The Morgan fingerprint density at radius 1 is 1.56 bits per heavy atom. The fourth-order valence-corrected chi connectivity index (χ4v) is 1.30. The van der Waals surface area contributed by atoms with E-state index in [0.29, 0.717) is 6.42 Å². The molecule has 0 unspecified atom stereocenters. The zero-order valence-electron chi connectivity index (χ0n) is 11.7. The van der Waals surface area contributed by atoms with Gasteiger partial charge in [-0.3, -0.25) is 0 Å². The summed E-state index contributed by atoms with van der Waals surface area (Å²) in [5.41, 5.74) is -0.407. The van der Waals surface area contributed by atoms with Crippen LogP contribution in [0.2, 0.25) is 0 Å². The number of ether oxygens (including phenoxy) is 1. The van der Waals surface area contributed by atoms with E-state index >= 15 is 0 Å². The SMILES string of the molecule is C#C[C@@H](C/C=C/C(=O)OC(C)(C)CC)CCC=C. The third-order valence-electron chi connectivity index (χ3n) is 2.86. The first kappa shape index (κ1) is 16.5. The third-order valence-corrected chi connectivity index (χ3v) is 2.86. The van der Waals surface area contributed by atoms with Gasteiger partial charge in [-0.1, -0.05) is 19.1 Å². The highest BCUT2D eigenvalue weighted by Gasteiger charge is 2.18. The third kappa shape index (κ3) is 7.73. The number of allylic oxidation sites excluding steroid dienone is 2. The first-order chi connectivity index (χ1) is 8.45. The van der Waals surface area contributed by atoms with Gasteiger partial charge in [-0.05, 0) is 39.5 Å². The van der Waals surface area contributed by atoms with E-state index in [0.717, 1.165) is 19.3 Å². The summed E-state index contributed by atoms with van der Waals surface area (Å²) in [4.78, 5) is 11.5. The van der Waals surface area contributed by atoms with Crippen LogP contribution < -0.4 is 0 Å². The number of hydrogen-bond acceptors (Lipinski definition) is 2. The van der Waals surface area contributed by atoms with Crippen LogP contribution >= 0.6 is 0 Å². The van der Waals surface area contributed by atoms with Gasteiger partial charge < -0.3 is 4.74 Å². The summed E-state index contributed by atoms with van der Waals surface area (Å²) in [6.07, 6.45) is 13.8. The van der Waals surface area contributed by atoms with Crippen molar-refractivity contribution in [3.63, 3.8) is 0 Å². The van der Waals surface area contributed by atoms with Crippen LogP contribution in [0.15, 0.2) is 24.8 Å². The zero-order chi connectivity index (χ0) is 14.0. The van der Waals surface area contributed by atoms with E-state index in [1.807, 2.05) is 26.8 Å².